The molecular formula is C15H11ClFNO2. The maximum Gasteiger partial charge on any atom is 0.238 e. The van der Waals surface area contributed by atoms with Crippen molar-refractivity contribution in [1.29, 1.82) is 0 Å². The van der Waals surface area contributed by atoms with Crippen LogP contribution in [0.1, 0.15) is 6.42 Å². The average molecular weight is 292 g/mol. The van der Waals surface area contributed by atoms with E-state index < -0.39 is 5.82 Å². The minimum Gasteiger partial charge on any atom is -0.274 e. The van der Waals surface area contributed by atoms with Crippen LogP contribution >= 0.6 is 11.6 Å². The van der Waals surface area contributed by atoms with Crippen LogP contribution in [-0.4, -0.2) is 11.8 Å². The van der Waals surface area contributed by atoms with Crippen LogP contribution in [0, 0.1) is 29.5 Å². The first-order valence-electron chi connectivity index (χ1n) is 6.59. The van der Waals surface area contributed by atoms with Crippen LogP contribution in [0.15, 0.2) is 30.4 Å². The predicted molar refractivity (Wildman–Crippen MR) is 71.6 cm³/mol. The number of fused-ring (bicyclic) bond motifs is 5. The highest BCUT2D eigenvalue weighted by atomic mass is 35.5. The number of amides is 2. The van der Waals surface area contributed by atoms with Gasteiger partial charge in [-0.15, -0.1) is 0 Å². The third-order valence-corrected chi connectivity index (χ3v) is 4.94. The molecule has 3 aliphatic rings. The summed E-state index contributed by atoms with van der Waals surface area (Å²) in [7, 11) is 0. The molecule has 2 aliphatic carbocycles. The van der Waals surface area contributed by atoms with E-state index >= 15 is 0 Å². The number of benzene rings is 1. The molecule has 102 valence electrons. The molecule has 5 heteroatoms. The number of anilines is 1. The first kappa shape index (κ1) is 12.1. The Morgan fingerprint density at radius 1 is 1.10 bits per heavy atom. The minimum atomic E-state index is -0.622. The lowest BCUT2D eigenvalue weighted by Gasteiger charge is -2.17. The molecular weight excluding hydrogens is 281 g/mol. The Morgan fingerprint density at radius 3 is 2.25 bits per heavy atom. The highest BCUT2D eigenvalue weighted by molar-refractivity contribution is 6.31. The van der Waals surface area contributed by atoms with Gasteiger partial charge in [0, 0.05) is 0 Å². The quantitative estimate of drug-likeness (QED) is 0.589. The molecule has 1 aliphatic heterocycles. The summed E-state index contributed by atoms with van der Waals surface area (Å²) in [4.78, 5) is 26.1. The Balaban J connectivity index is 1.76. The third-order valence-electron chi connectivity index (χ3n) is 4.63. The van der Waals surface area contributed by atoms with Crippen molar-refractivity contribution >= 4 is 29.1 Å². The fourth-order valence-corrected chi connectivity index (χ4v) is 3.90. The molecule has 1 heterocycles. The zero-order valence-corrected chi connectivity index (χ0v) is 11.2. The summed E-state index contributed by atoms with van der Waals surface area (Å²) >= 11 is 5.64. The van der Waals surface area contributed by atoms with E-state index in [1.807, 2.05) is 12.2 Å². The van der Waals surface area contributed by atoms with Crippen molar-refractivity contribution < 1.29 is 14.0 Å². The van der Waals surface area contributed by atoms with Crippen LogP contribution in [0.2, 0.25) is 5.02 Å². The van der Waals surface area contributed by atoms with Gasteiger partial charge in [0.25, 0.3) is 0 Å². The standard InChI is InChI=1S/C15H11ClFNO2/c16-10-4-3-9(6-11(10)17)18-14(19)12-7-1-2-8(5-7)13(12)15(18)20/h1-4,6-8,12-13H,5H2/t7-,8-,12-,13+/m0/s1. The van der Waals surface area contributed by atoms with Crippen molar-refractivity contribution in [3.63, 3.8) is 0 Å². The van der Waals surface area contributed by atoms with E-state index in [9.17, 15) is 14.0 Å². The van der Waals surface area contributed by atoms with E-state index in [0.29, 0.717) is 0 Å². The molecule has 0 aromatic heterocycles. The molecule has 2 bridgehead atoms. The number of halogens is 2. The molecule has 1 saturated carbocycles. The van der Waals surface area contributed by atoms with Gasteiger partial charge < -0.3 is 0 Å². The molecule has 1 aromatic carbocycles. The van der Waals surface area contributed by atoms with Gasteiger partial charge in [-0.3, -0.25) is 9.59 Å². The minimum absolute atomic E-state index is 0.0187. The highest BCUT2D eigenvalue weighted by Crippen LogP contribution is 2.53. The number of rotatable bonds is 1. The topological polar surface area (TPSA) is 37.4 Å². The number of carbonyl (C=O) groups excluding carboxylic acids is 2. The Bertz CT molecular complexity index is 642. The maximum absolute atomic E-state index is 13.5. The van der Waals surface area contributed by atoms with E-state index in [1.165, 1.54) is 12.1 Å². The molecule has 0 spiro atoms. The summed E-state index contributed by atoms with van der Waals surface area (Å²) in [6.07, 6.45) is 4.95. The van der Waals surface area contributed by atoms with Crippen molar-refractivity contribution in [3.05, 3.63) is 41.2 Å². The zero-order valence-electron chi connectivity index (χ0n) is 10.4. The van der Waals surface area contributed by atoms with Gasteiger partial charge in [-0.1, -0.05) is 23.8 Å². The first-order chi connectivity index (χ1) is 9.58. The second kappa shape index (κ2) is 3.92. The lowest BCUT2D eigenvalue weighted by molar-refractivity contribution is -0.123. The number of hydrogen-bond donors (Lipinski definition) is 0. The van der Waals surface area contributed by atoms with Crippen LogP contribution in [-0.2, 0) is 9.59 Å². The van der Waals surface area contributed by atoms with E-state index in [-0.39, 0.29) is 46.2 Å². The Morgan fingerprint density at radius 2 is 1.70 bits per heavy atom. The summed E-state index contributed by atoms with van der Waals surface area (Å²) in [6, 6.07) is 4.03. The fourth-order valence-electron chi connectivity index (χ4n) is 3.78. The molecule has 0 radical (unpaired) electrons. The monoisotopic (exact) mass is 291 g/mol. The number of imide groups is 1. The summed E-state index contributed by atoms with van der Waals surface area (Å²) in [5.74, 6) is -1.26. The van der Waals surface area contributed by atoms with Crippen molar-refractivity contribution in [2.24, 2.45) is 23.7 Å². The van der Waals surface area contributed by atoms with Gasteiger partial charge in [0.1, 0.15) is 5.82 Å². The van der Waals surface area contributed by atoms with Crippen LogP contribution < -0.4 is 4.90 Å². The van der Waals surface area contributed by atoms with Crippen LogP contribution in [0.25, 0.3) is 0 Å². The molecule has 4 rings (SSSR count). The SMILES string of the molecule is O=C1[C@@H]2[C@H](C(=O)N1c1ccc(Cl)c(F)c1)[C@H]1C=C[C@H]2C1. The molecule has 4 atom stereocenters. The van der Waals surface area contributed by atoms with E-state index in [4.69, 9.17) is 11.6 Å². The van der Waals surface area contributed by atoms with Gasteiger partial charge >= 0.3 is 0 Å². The highest BCUT2D eigenvalue weighted by Gasteiger charge is 2.59. The first-order valence-corrected chi connectivity index (χ1v) is 6.97. The fraction of sp³-hybridized carbons (Fsp3) is 0.333. The molecule has 0 unspecified atom stereocenters. The normalized spacial score (nSPS) is 34.2. The molecule has 1 aromatic rings. The van der Waals surface area contributed by atoms with E-state index in [1.54, 1.807) is 0 Å². The van der Waals surface area contributed by atoms with E-state index in [2.05, 4.69) is 0 Å². The van der Waals surface area contributed by atoms with Gasteiger partial charge in [0.2, 0.25) is 11.8 Å². The van der Waals surface area contributed by atoms with Crippen molar-refractivity contribution in [3.8, 4) is 0 Å². The van der Waals surface area contributed by atoms with Crippen LogP contribution in [0.4, 0.5) is 10.1 Å². The summed E-state index contributed by atoms with van der Waals surface area (Å²) in [5, 5.41) is -0.0187. The Hall–Kier alpha value is -1.68. The lowest BCUT2D eigenvalue weighted by Crippen LogP contribution is -2.32. The van der Waals surface area contributed by atoms with Crippen molar-refractivity contribution in [1.82, 2.24) is 0 Å². The average Bonchev–Trinajstić information content (AvgIpc) is 3.08. The second-order valence-corrected chi connectivity index (χ2v) is 6.02. The molecule has 3 nitrogen and oxygen atoms in total. The molecule has 2 fully saturated rings. The van der Waals surface area contributed by atoms with Crippen molar-refractivity contribution in [2.75, 3.05) is 4.90 Å². The Labute approximate surface area is 120 Å². The lowest BCUT2D eigenvalue weighted by atomic mass is 9.85. The summed E-state index contributed by atoms with van der Waals surface area (Å²) < 4.78 is 13.5. The van der Waals surface area contributed by atoms with Crippen LogP contribution in [0.3, 0.4) is 0 Å². The summed E-state index contributed by atoms with van der Waals surface area (Å²) in [6.45, 7) is 0. The molecule has 2 amide bonds. The smallest absolute Gasteiger partial charge is 0.238 e. The van der Waals surface area contributed by atoms with Gasteiger partial charge in [0.15, 0.2) is 0 Å². The van der Waals surface area contributed by atoms with Crippen LogP contribution in [0.5, 0.6) is 0 Å². The number of nitrogens with zero attached hydrogens (tertiary/aromatic N) is 1. The zero-order chi connectivity index (χ0) is 14.0. The molecule has 20 heavy (non-hydrogen) atoms. The van der Waals surface area contributed by atoms with Gasteiger partial charge in [0.05, 0.1) is 22.5 Å². The Kier molecular flexibility index (Phi) is 2.37. The van der Waals surface area contributed by atoms with Gasteiger partial charge in [-0.2, -0.15) is 0 Å². The van der Waals surface area contributed by atoms with Crippen molar-refractivity contribution in [2.45, 2.75) is 6.42 Å². The second-order valence-electron chi connectivity index (χ2n) is 5.61. The molecule has 0 N–H and O–H groups in total. The largest absolute Gasteiger partial charge is 0.274 e. The van der Waals surface area contributed by atoms with Gasteiger partial charge in [-0.25, -0.2) is 9.29 Å². The molecule has 1 saturated heterocycles. The van der Waals surface area contributed by atoms with Gasteiger partial charge in [-0.05, 0) is 36.5 Å². The predicted octanol–water partition coefficient (Wildman–Crippen LogP) is 2.79. The number of carbonyl (C=O) groups is 2. The summed E-state index contributed by atoms with van der Waals surface area (Å²) in [5.41, 5.74) is 0.274. The van der Waals surface area contributed by atoms with E-state index in [0.717, 1.165) is 17.4 Å². The maximum atomic E-state index is 13.5. The third kappa shape index (κ3) is 1.40. The number of allylic oxidation sites excluding steroid dienone is 2. The number of hydrogen-bond acceptors (Lipinski definition) is 2.